The minimum atomic E-state index is -0.605. The molecule has 1 aliphatic rings. The van der Waals surface area contributed by atoms with Crippen molar-refractivity contribution >= 4 is 22.8 Å². The number of furan rings is 1. The van der Waals surface area contributed by atoms with Crippen molar-refractivity contribution in [2.75, 3.05) is 13.7 Å². The van der Waals surface area contributed by atoms with E-state index in [1.807, 2.05) is 18.2 Å². The summed E-state index contributed by atoms with van der Waals surface area (Å²) in [7, 11) is 1.79. The van der Waals surface area contributed by atoms with Gasteiger partial charge in [0.15, 0.2) is 6.61 Å². The lowest BCUT2D eigenvalue weighted by Gasteiger charge is -2.31. The van der Waals surface area contributed by atoms with Crippen LogP contribution in [-0.4, -0.2) is 36.5 Å². The van der Waals surface area contributed by atoms with Crippen LogP contribution in [0, 0.1) is 0 Å². The summed E-state index contributed by atoms with van der Waals surface area (Å²) >= 11 is 0. The monoisotopic (exact) mass is 315 g/mol. The molecule has 0 bridgehead atoms. The van der Waals surface area contributed by atoms with Gasteiger partial charge in [-0.3, -0.25) is 4.79 Å². The Morgan fingerprint density at radius 3 is 2.70 bits per heavy atom. The standard InChI is InChI=1S/C18H21NO4/c1-19(14-8-3-2-4-9-14)17(20)12-22-18(21)16-11-13-7-5-6-10-15(13)23-16/h5-7,10-11,14H,2-4,8-9,12H2,1H3. The van der Waals surface area contributed by atoms with Gasteiger partial charge in [-0.2, -0.15) is 0 Å². The maximum absolute atomic E-state index is 12.2. The van der Waals surface area contributed by atoms with E-state index in [1.54, 1.807) is 24.1 Å². The molecule has 2 aromatic rings. The zero-order valence-electron chi connectivity index (χ0n) is 13.3. The summed E-state index contributed by atoms with van der Waals surface area (Å²) in [5, 5.41) is 0.838. The van der Waals surface area contributed by atoms with Crippen LogP contribution in [0.2, 0.25) is 0 Å². The van der Waals surface area contributed by atoms with Gasteiger partial charge in [0.2, 0.25) is 5.76 Å². The van der Waals surface area contributed by atoms with E-state index in [1.165, 1.54) is 6.42 Å². The van der Waals surface area contributed by atoms with Gasteiger partial charge < -0.3 is 14.1 Å². The number of nitrogens with zero attached hydrogens (tertiary/aromatic N) is 1. The topological polar surface area (TPSA) is 59.8 Å². The molecule has 0 radical (unpaired) electrons. The third-order valence-electron chi connectivity index (χ3n) is 4.47. The molecule has 1 aromatic carbocycles. The molecule has 5 nitrogen and oxygen atoms in total. The van der Waals surface area contributed by atoms with Crippen molar-refractivity contribution < 1.29 is 18.7 Å². The highest BCUT2D eigenvalue weighted by molar-refractivity contribution is 5.93. The number of para-hydroxylation sites is 1. The summed E-state index contributed by atoms with van der Waals surface area (Å²) < 4.78 is 10.5. The van der Waals surface area contributed by atoms with Crippen molar-refractivity contribution in [1.82, 2.24) is 4.90 Å². The Morgan fingerprint density at radius 2 is 1.96 bits per heavy atom. The summed E-state index contributed by atoms with van der Waals surface area (Å²) in [4.78, 5) is 25.9. The van der Waals surface area contributed by atoms with Crippen molar-refractivity contribution in [1.29, 1.82) is 0 Å². The van der Waals surface area contributed by atoms with Crippen LogP contribution in [0.15, 0.2) is 34.7 Å². The van der Waals surface area contributed by atoms with E-state index >= 15 is 0 Å². The molecule has 0 spiro atoms. The molecular weight excluding hydrogens is 294 g/mol. The van der Waals surface area contributed by atoms with Crippen molar-refractivity contribution in [3.8, 4) is 0 Å². The fourth-order valence-corrected chi connectivity index (χ4v) is 3.05. The first-order valence-electron chi connectivity index (χ1n) is 8.06. The summed E-state index contributed by atoms with van der Waals surface area (Å²) in [5.41, 5.74) is 0.630. The first-order valence-corrected chi connectivity index (χ1v) is 8.06. The Morgan fingerprint density at radius 1 is 1.22 bits per heavy atom. The smallest absolute Gasteiger partial charge is 0.374 e. The first-order chi connectivity index (χ1) is 11.1. The molecule has 23 heavy (non-hydrogen) atoms. The van der Waals surface area contributed by atoms with Crippen LogP contribution < -0.4 is 0 Å². The molecule has 1 heterocycles. The number of likely N-dealkylation sites (N-methyl/N-ethyl adjacent to an activating group) is 1. The Hall–Kier alpha value is -2.30. The zero-order valence-corrected chi connectivity index (χ0v) is 13.3. The summed E-state index contributed by atoms with van der Waals surface area (Å²) in [6, 6.07) is 9.25. The summed E-state index contributed by atoms with van der Waals surface area (Å²) in [5.74, 6) is -0.646. The number of esters is 1. The Bertz CT molecular complexity index is 667. The Balaban J connectivity index is 1.56. The molecule has 0 N–H and O–H groups in total. The highest BCUT2D eigenvalue weighted by Crippen LogP contribution is 2.22. The molecule has 1 saturated carbocycles. The van der Waals surface area contributed by atoms with Gasteiger partial charge in [-0.15, -0.1) is 0 Å². The molecular formula is C18H21NO4. The van der Waals surface area contributed by atoms with Gasteiger partial charge in [-0.25, -0.2) is 4.79 Å². The fraction of sp³-hybridized carbons (Fsp3) is 0.444. The van der Waals surface area contributed by atoms with E-state index in [9.17, 15) is 9.59 Å². The van der Waals surface area contributed by atoms with Crippen molar-refractivity contribution in [2.24, 2.45) is 0 Å². The van der Waals surface area contributed by atoms with E-state index in [0.29, 0.717) is 5.58 Å². The number of hydrogen-bond donors (Lipinski definition) is 0. The van der Waals surface area contributed by atoms with Gasteiger partial charge >= 0.3 is 5.97 Å². The molecule has 0 atom stereocenters. The second-order valence-corrected chi connectivity index (χ2v) is 6.02. The van der Waals surface area contributed by atoms with Crippen LogP contribution >= 0.6 is 0 Å². The Labute approximate surface area is 135 Å². The molecule has 1 amide bonds. The van der Waals surface area contributed by atoms with Gasteiger partial charge in [0, 0.05) is 18.5 Å². The number of amides is 1. The average Bonchev–Trinajstić information content (AvgIpc) is 3.03. The van der Waals surface area contributed by atoms with Crippen LogP contribution in [0.3, 0.4) is 0 Å². The fourth-order valence-electron chi connectivity index (χ4n) is 3.05. The largest absolute Gasteiger partial charge is 0.450 e. The van der Waals surface area contributed by atoms with Gasteiger partial charge in [0.1, 0.15) is 5.58 Å². The molecule has 1 fully saturated rings. The van der Waals surface area contributed by atoms with E-state index in [4.69, 9.17) is 9.15 Å². The highest BCUT2D eigenvalue weighted by Gasteiger charge is 2.23. The molecule has 5 heteroatoms. The lowest BCUT2D eigenvalue weighted by atomic mass is 9.94. The van der Waals surface area contributed by atoms with E-state index < -0.39 is 5.97 Å². The van der Waals surface area contributed by atoms with Gasteiger partial charge in [-0.05, 0) is 25.0 Å². The van der Waals surface area contributed by atoms with E-state index in [0.717, 1.165) is 31.1 Å². The second-order valence-electron chi connectivity index (χ2n) is 6.02. The highest BCUT2D eigenvalue weighted by atomic mass is 16.5. The van der Waals surface area contributed by atoms with Crippen LogP contribution in [0.4, 0.5) is 0 Å². The summed E-state index contributed by atoms with van der Waals surface area (Å²) in [6.07, 6.45) is 5.60. The number of rotatable bonds is 4. The third kappa shape index (κ3) is 3.55. The lowest BCUT2D eigenvalue weighted by molar-refractivity contribution is -0.135. The van der Waals surface area contributed by atoms with E-state index in [2.05, 4.69) is 0 Å². The maximum atomic E-state index is 12.2. The van der Waals surface area contributed by atoms with Crippen LogP contribution in [-0.2, 0) is 9.53 Å². The molecule has 0 aliphatic heterocycles. The van der Waals surface area contributed by atoms with Crippen LogP contribution in [0.5, 0.6) is 0 Å². The number of carbonyl (C=O) groups is 2. The molecule has 0 unspecified atom stereocenters. The lowest BCUT2D eigenvalue weighted by Crippen LogP contribution is -2.40. The second kappa shape index (κ2) is 6.86. The normalized spacial score (nSPS) is 15.5. The predicted molar refractivity (Wildman–Crippen MR) is 86.1 cm³/mol. The number of fused-ring (bicyclic) bond motifs is 1. The quantitative estimate of drug-likeness (QED) is 0.812. The van der Waals surface area contributed by atoms with Gasteiger partial charge in [0.25, 0.3) is 5.91 Å². The van der Waals surface area contributed by atoms with Gasteiger partial charge in [0.05, 0.1) is 0 Å². The zero-order chi connectivity index (χ0) is 16.2. The molecule has 1 aliphatic carbocycles. The van der Waals surface area contributed by atoms with Crippen molar-refractivity contribution in [2.45, 2.75) is 38.1 Å². The predicted octanol–water partition coefficient (Wildman–Crippen LogP) is 3.38. The SMILES string of the molecule is CN(C(=O)COC(=O)c1cc2ccccc2o1)C1CCCCC1. The van der Waals surface area contributed by atoms with Gasteiger partial charge in [-0.1, -0.05) is 37.5 Å². The molecule has 122 valence electrons. The molecule has 3 rings (SSSR count). The number of hydrogen-bond acceptors (Lipinski definition) is 4. The van der Waals surface area contributed by atoms with Crippen LogP contribution in [0.1, 0.15) is 42.7 Å². The molecule has 0 saturated heterocycles. The van der Waals surface area contributed by atoms with Crippen LogP contribution in [0.25, 0.3) is 11.0 Å². The van der Waals surface area contributed by atoms with Crippen molar-refractivity contribution in [3.63, 3.8) is 0 Å². The maximum Gasteiger partial charge on any atom is 0.374 e. The average molecular weight is 315 g/mol. The number of ether oxygens (including phenoxy) is 1. The minimum Gasteiger partial charge on any atom is -0.450 e. The van der Waals surface area contributed by atoms with Crippen molar-refractivity contribution in [3.05, 3.63) is 36.1 Å². The van der Waals surface area contributed by atoms with E-state index in [-0.39, 0.29) is 24.3 Å². The summed E-state index contributed by atoms with van der Waals surface area (Å²) in [6.45, 7) is -0.247. The number of benzene rings is 1. The number of carbonyl (C=O) groups excluding carboxylic acids is 2. The third-order valence-corrected chi connectivity index (χ3v) is 4.47. The minimum absolute atomic E-state index is 0.124. The Kier molecular flexibility index (Phi) is 4.65. The molecule has 1 aromatic heterocycles. The first kappa shape index (κ1) is 15.6.